The van der Waals surface area contributed by atoms with E-state index in [1.54, 1.807) is 0 Å². The highest BCUT2D eigenvalue weighted by atomic mass is 32.1. The van der Waals surface area contributed by atoms with Crippen LogP contribution in [-0.4, -0.2) is 11.5 Å². The molecular weight excluding hydrogens is 214 g/mol. The first-order chi connectivity index (χ1) is 7.44. The van der Waals surface area contributed by atoms with Gasteiger partial charge in [-0.2, -0.15) is 0 Å². The molecule has 0 saturated carbocycles. The van der Waals surface area contributed by atoms with Crippen LogP contribution in [0.15, 0.2) is 0 Å². The van der Waals surface area contributed by atoms with E-state index in [-0.39, 0.29) is 0 Å². The summed E-state index contributed by atoms with van der Waals surface area (Å²) < 4.78 is 0. The molecule has 96 valence electrons. The molecule has 0 amide bonds. The smallest absolute Gasteiger partial charge is 0.0721 e. The van der Waals surface area contributed by atoms with Gasteiger partial charge in [-0.15, -0.1) is 0 Å². The molecule has 1 atom stereocenters. The van der Waals surface area contributed by atoms with E-state index in [2.05, 4.69) is 33.0 Å². The lowest BCUT2D eigenvalue weighted by atomic mass is 9.72. The van der Waals surface area contributed by atoms with Crippen LogP contribution in [0.3, 0.4) is 0 Å². The van der Waals surface area contributed by atoms with E-state index in [9.17, 15) is 0 Å². The van der Waals surface area contributed by atoms with Gasteiger partial charge in [-0.05, 0) is 37.5 Å². The number of hydrogen-bond acceptors (Lipinski definition) is 1. The third-order valence-electron chi connectivity index (χ3n) is 3.60. The minimum atomic E-state index is 0.496. The van der Waals surface area contributed by atoms with Crippen molar-refractivity contribution in [2.75, 3.05) is 6.54 Å². The lowest BCUT2D eigenvalue weighted by Gasteiger charge is -2.34. The van der Waals surface area contributed by atoms with Gasteiger partial charge in [0.2, 0.25) is 0 Å². The van der Waals surface area contributed by atoms with Gasteiger partial charge in [0.05, 0.1) is 4.99 Å². The molecule has 1 nitrogen and oxygen atoms in total. The topological polar surface area (TPSA) is 12.0 Å². The molecule has 0 aliphatic rings. The van der Waals surface area contributed by atoms with Crippen molar-refractivity contribution in [1.82, 2.24) is 5.32 Å². The Balaban J connectivity index is 3.95. The van der Waals surface area contributed by atoms with Gasteiger partial charge in [-0.3, -0.25) is 0 Å². The van der Waals surface area contributed by atoms with Crippen LogP contribution in [-0.2, 0) is 0 Å². The standard InChI is InChI=1S/C14H29NS/c1-6-10-14(4,5)13(7-2)9-8-11-15-12(3)16/h13H,6-11H2,1-5H3,(H,15,16). The van der Waals surface area contributed by atoms with Gasteiger partial charge >= 0.3 is 0 Å². The molecule has 0 fully saturated rings. The van der Waals surface area contributed by atoms with E-state index < -0.39 is 0 Å². The molecule has 1 N–H and O–H groups in total. The fraction of sp³-hybridized carbons (Fsp3) is 0.929. The maximum atomic E-state index is 5.01. The van der Waals surface area contributed by atoms with Crippen LogP contribution >= 0.6 is 12.2 Å². The zero-order valence-corrected chi connectivity index (χ0v) is 12.5. The fourth-order valence-electron chi connectivity index (χ4n) is 2.61. The minimum absolute atomic E-state index is 0.496. The van der Waals surface area contributed by atoms with Gasteiger partial charge in [0.15, 0.2) is 0 Å². The summed E-state index contributed by atoms with van der Waals surface area (Å²) in [7, 11) is 0. The Kier molecular flexibility index (Phi) is 8.00. The normalized spacial score (nSPS) is 13.6. The Labute approximate surface area is 107 Å². The molecule has 0 bridgehead atoms. The summed E-state index contributed by atoms with van der Waals surface area (Å²) in [5.74, 6) is 0.847. The molecular formula is C14H29NS. The van der Waals surface area contributed by atoms with Gasteiger partial charge in [-0.25, -0.2) is 0 Å². The Bertz CT molecular complexity index is 199. The Morgan fingerprint density at radius 1 is 1.31 bits per heavy atom. The van der Waals surface area contributed by atoms with Crippen LogP contribution in [0, 0.1) is 11.3 Å². The maximum Gasteiger partial charge on any atom is 0.0721 e. The van der Waals surface area contributed by atoms with E-state index in [0.717, 1.165) is 17.5 Å². The summed E-state index contributed by atoms with van der Waals surface area (Å²) in [6, 6.07) is 0. The monoisotopic (exact) mass is 243 g/mol. The van der Waals surface area contributed by atoms with Crippen LogP contribution < -0.4 is 5.32 Å². The molecule has 0 aromatic heterocycles. The van der Waals surface area contributed by atoms with Crippen molar-refractivity contribution < 1.29 is 0 Å². The Morgan fingerprint density at radius 3 is 2.38 bits per heavy atom. The predicted octanol–water partition coefficient (Wildman–Crippen LogP) is 4.56. The molecule has 0 aromatic carbocycles. The van der Waals surface area contributed by atoms with Crippen molar-refractivity contribution in [3.8, 4) is 0 Å². The highest BCUT2D eigenvalue weighted by molar-refractivity contribution is 7.80. The van der Waals surface area contributed by atoms with Gasteiger partial charge in [0.25, 0.3) is 0 Å². The van der Waals surface area contributed by atoms with Gasteiger partial charge < -0.3 is 5.32 Å². The van der Waals surface area contributed by atoms with E-state index in [1.165, 1.54) is 32.1 Å². The van der Waals surface area contributed by atoms with Gasteiger partial charge in [0, 0.05) is 6.54 Å². The van der Waals surface area contributed by atoms with Crippen LogP contribution in [0.2, 0.25) is 0 Å². The summed E-state index contributed by atoms with van der Waals surface area (Å²) in [5.41, 5.74) is 0.496. The number of nitrogens with one attached hydrogen (secondary N) is 1. The average molecular weight is 243 g/mol. The average Bonchev–Trinajstić information content (AvgIpc) is 2.16. The molecule has 0 aliphatic heterocycles. The highest BCUT2D eigenvalue weighted by Gasteiger charge is 2.26. The van der Waals surface area contributed by atoms with Crippen LogP contribution in [0.1, 0.15) is 66.7 Å². The molecule has 0 heterocycles. The van der Waals surface area contributed by atoms with Crippen molar-refractivity contribution >= 4 is 17.2 Å². The molecule has 0 radical (unpaired) electrons. The second-order valence-electron chi connectivity index (χ2n) is 5.47. The lowest BCUT2D eigenvalue weighted by Crippen LogP contribution is -2.25. The van der Waals surface area contributed by atoms with Gasteiger partial charge in [0.1, 0.15) is 0 Å². The quantitative estimate of drug-likeness (QED) is 0.495. The zero-order valence-electron chi connectivity index (χ0n) is 11.7. The zero-order chi connectivity index (χ0) is 12.6. The first kappa shape index (κ1) is 15.9. The Morgan fingerprint density at radius 2 is 1.94 bits per heavy atom. The lowest BCUT2D eigenvalue weighted by molar-refractivity contribution is 0.173. The number of hydrogen-bond donors (Lipinski definition) is 1. The predicted molar refractivity (Wildman–Crippen MR) is 78.0 cm³/mol. The fourth-order valence-corrected chi connectivity index (χ4v) is 2.71. The number of thiocarbonyl (C=S) groups is 1. The van der Waals surface area contributed by atoms with Crippen LogP contribution in [0.25, 0.3) is 0 Å². The van der Waals surface area contributed by atoms with Crippen molar-refractivity contribution in [2.24, 2.45) is 11.3 Å². The largest absolute Gasteiger partial charge is 0.380 e. The Hall–Kier alpha value is -0.110. The van der Waals surface area contributed by atoms with Crippen molar-refractivity contribution in [1.29, 1.82) is 0 Å². The second-order valence-corrected chi connectivity index (χ2v) is 6.08. The first-order valence-corrected chi connectivity index (χ1v) is 7.09. The van der Waals surface area contributed by atoms with Crippen molar-refractivity contribution in [3.63, 3.8) is 0 Å². The highest BCUT2D eigenvalue weighted by Crippen LogP contribution is 2.36. The van der Waals surface area contributed by atoms with Crippen molar-refractivity contribution in [2.45, 2.75) is 66.7 Å². The molecule has 16 heavy (non-hydrogen) atoms. The molecule has 0 saturated heterocycles. The third-order valence-corrected chi connectivity index (χ3v) is 3.74. The summed E-state index contributed by atoms with van der Waals surface area (Å²) in [5, 5.41) is 3.24. The maximum absolute atomic E-state index is 5.01. The molecule has 1 unspecified atom stereocenters. The summed E-state index contributed by atoms with van der Waals surface area (Å²) in [6.45, 7) is 12.4. The van der Waals surface area contributed by atoms with Crippen LogP contribution in [0.4, 0.5) is 0 Å². The minimum Gasteiger partial charge on any atom is -0.380 e. The second kappa shape index (κ2) is 8.05. The van der Waals surface area contributed by atoms with E-state index in [4.69, 9.17) is 12.2 Å². The molecule has 2 heteroatoms. The van der Waals surface area contributed by atoms with E-state index in [1.807, 2.05) is 6.92 Å². The van der Waals surface area contributed by atoms with Crippen LogP contribution in [0.5, 0.6) is 0 Å². The summed E-state index contributed by atoms with van der Waals surface area (Å²) >= 11 is 5.01. The third kappa shape index (κ3) is 6.47. The molecule has 0 aliphatic carbocycles. The molecule has 0 aromatic rings. The van der Waals surface area contributed by atoms with E-state index >= 15 is 0 Å². The first-order valence-electron chi connectivity index (χ1n) is 6.68. The van der Waals surface area contributed by atoms with Gasteiger partial charge in [-0.1, -0.05) is 52.8 Å². The summed E-state index contributed by atoms with van der Waals surface area (Å²) in [4.78, 5) is 0.917. The molecule has 0 spiro atoms. The van der Waals surface area contributed by atoms with E-state index in [0.29, 0.717) is 5.41 Å². The summed E-state index contributed by atoms with van der Waals surface area (Å²) in [6.07, 6.45) is 6.48. The SMILES string of the molecule is CCCC(C)(C)C(CC)CCCNC(C)=S. The molecule has 0 rings (SSSR count). The number of rotatable bonds is 8. The van der Waals surface area contributed by atoms with Crippen molar-refractivity contribution in [3.05, 3.63) is 0 Å².